The Morgan fingerprint density at radius 1 is 1.24 bits per heavy atom. The molecule has 134 valence electrons. The van der Waals surface area contributed by atoms with E-state index < -0.39 is 0 Å². The maximum atomic E-state index is 6.15. The molecule has 1 aromatic heterocycles. The summed E-state index contributed by atoms with van der Waals surface area (Å²) in [4.78, 5) is 4.50. The van der Waals surface area contributed by atoms with Gasteiger partial charge in [0.25, 0.3) is 0 Å². The summed E-state index contributed by atoms with van der Waals surface area (Å²) in [5, 5.41) is 7.52. The van der Waals surface area contributed by atoms with Crippen LogP contribution in [0.4, 0.5) is 6.01 Å². The van der Waals surface area contributed by atoms with Crippen LogP contribution in [0.5, 0.6) is 5.75 Å². The van der Waals surface area contributed by atoms with Crippen LogP contribution in [-0.4, -0.2) is 35.5 Å². The number of rotatable bonds is 4. The van der Waals surface area contributed by atoms with Gasteiger partial charge in [-0.1, -0.05) is 36.6 Å². The Morgan fingerprint density at radius 3 is 2.96 bits per heavy atom. The first-order valence-electron chi connectivity index (χ1n) is 9.15. The highest BCUT2D eigenvalue weighted by atomic mass is 16.5. The molecule has 2 heterocycles. The average molecular weight is 343 g/mol. The number of ether oxygens (including phenoxy) is 2. The SMILES string of the molecule is COc1cccc(-c2noc(NC3CCOC4(CCCCC4)C3)n2)c1. The van der Waals surface area contributed by atoms with Gasteiger partial charge in [0.1, 0.15) is 5.75 Å². The zero-order valence-corrected chi connectivity index (χ0v) is 14.7. The summed E-state index contributed by atoms with van der Waals surface area (Å²) >= 11 is 0. The molecule has 4 rings (SSSR count). The van der Waals surface area contributed by atoms with Crippen molar-refractivity contribution in [2.24, 2.45) is 0 Å². The van der Waals surface area contributed by atoms with Crippen LogP contribution in [0, 0.1) is 0 Å². The fourth-order valence-electron chi connectivity index (χ4n) is 4.03. The van der Waals surface area contributed by atoms with Gasteiger partial charge in [0, 0.05) is 18.2 Å². The third-order valence-electron chi connectivity index (χ3n) is 5.34. The van der Waals surface area contributed by atoms with Gasteiger partial charge in [-0.05, 0) is 37.8 Å². The number of aromatic nitrogens is 2. The minimum Gasteiger partial charge on any atom is -0.497 e. The van der Waals surface area contributed by atoms with Crippen molar-refractivity contribution in [3.05, 3.63) is 24.3 Å². The van der Waals surface area contributed by atoms with E-state index in [9.17, 15) is 0 Å². The van der Waals surface area contributed by atoms with Crippen LogP contribution < -0.4 is 10.1 Å². The van der Waals surface area contributed by atoms with Crippen LogP contribution >= 0.6 is 0 Å². The largest absolute Gasteiger partial charge is 0.497 e. The van der Waals surface area contributed by atoms with Gasteiger partial charge in [-0.2, -0.15) is 4.98 Å². The predicted molar refractivity (Wildman–Crippen MR) is 94.7 cm³/mol. The fraction of sp³-hybridized carbons (Fsp3) is 0.579. The minimum atomic E-state index is 0.0593. The molecule has 1 saturated heterocycles. The summed E-state index contributed by atoms with van der Waals surface area (Å²) in [6, 6.07) is 8.47. The lowest BCUT2D eigenvalue weighted by atomic mass is 9.78. The van der Waals surface area contributed by atoms with Gasteiger partial charge in [0.05, 0.1) is 12.7 Å². The smallest absolute Gasteiger partial charge is 0.322 e. The van der Waals surface area contributed by atoms with Crippen LogP contribution in [-0.2, 0) is 4.74 Å². The number of methoxy groups -OCH3 is 1. The summed E-state index contributed by atoms with van der Waals surface area (Å²) < 4.78 is 16.8. The number of anilines is 1. The maximum absolute atomic E-state index is 6.15. The molecule has 0 bridgehead atoms. The number of benzene rings is 1. The van der Waals surface area contributed by atoms with Crippen molar-refractivity contribution in [2.75, 3.05) is 19.0 Å². The summed E-state index contributed by atoms with van der Waals surface area (Å²) in [5.74, 6) is 1.35. The highest BCUT2D eigenvalue weighted by Crippen LogP contribution is 2.39. The maximum Gasteiger partial charge on any atom is 0.322 e. The molecule has 1 N–H and O–H groups in total. The number of nitrogens with one attached hydrogen (secondary N) is 1. The highest BCUT2D eigenvalue weighted by molar-refractivity contribution is 5.57. The first kappa shape index (κ1) is 16.4. The normalized spacial score (nSPS) is 22.7. The molecule has 1 spiro atoms. The summed E-state index contributed by atoms with van der Waals surface area (Å²) in [6.45, 7) is 0.800. The molecule has 2 aliphatic rings. The third-order valence-corrected chi connectivity index (χ3v) is 5.34. The molecule has 1 saturated carbocycles. The van der Waals surface area contributed by atoms with Crippen LogP contribution in [0.15, 0.2) is 28.8 Å². The molecular weight excluding hydrogens is 318 g/mol. The molecule has 1 unspecified atom stereocenters. The van der Waals surface area contributed by atoms with Crippen molar-refractivity contribution < 1.29 is 14.0 Å². The number of hydrogen-bond donors (Lipinski definition) is 1. The Hall–Kier alpha value is -2.08. The van der Waals surface area contributed by atoms with Crippen molar-refractivity contribution in [3.63, 3.8) is 0 Å². The van der Waals surface area contributed by atoms with Crippen LogP contribution in [0.3, 0.4) is 0 Å². The Labute approximate surface area is 147 Å². The first-order chi connectivity index (χ1) is 12.3. The average Bonchev–Trinajstić information content (AvgIpc) is 3.11. The zero-order valence-electron chi connectivity index (χ0n) is 14.7. The van der Waals surface area contributed by atoms with Gasteiger partial charge in [-0.25, -0.2) is 0 Å². The quantitative estimate of drug-likeness (QED) is 0.903. The van der Waals surface area contributed by atoms with Crippen LogP contribution in [0.1, 0.15) is 44.9 Å². The molecular formula is C19H25N3O3. The molecule has 1 atom stereocenters. The second-order valence-electron chi connectivity index (χ2n) is 7.08. The summed E-state index contributed by atoms with van der Waals surface area (Å²) in [6.07, 6.45) is 8.20. The molecule has 25 heavy (non-hydrogen) atoms. The van der Waals surface area contributed by atoms with Crippen molar-refractivity contribution >= 4 is 6.01 Å². The van der Waals surface area contributed by atoms with E-state index in [-0.39, 0.29) is 5.60 Å². The van der Waals surface area contributed by atoms with Crippen LogP contribution in [0.2, 0.25) is 0 Å². The van der Waals surface area contributed by atoms with E-state index in [2.05, 4.69) is 15.5 Å². The lowest BCUT2D eigenvalue weighted by molar-refractivity contribution is -0.103. The van der Waals surface area contributed by atoms with Crippen molar-refractivity contribution in [1.29, 1.82) is 0 Å². The molecule has 0 amide bonds. The lowest BCUT2D eigenvalue weighted by Crippen LogP contribution is -2.45. The Kier molecular flexibility index (Phi) is 4.61. The summed E-state index contributed by atoms with van der Waals surface area (Å²) in [7, 11) is 1.65. The molecule has 6 nitrogen and oxygen atoms in total. The van der Waals surface area contributed by atoms with E-state index in [1.54, 1.807) is 7.11 Å². The van der Waals surface area contributed by atoms with Gasteiger partial charge in [-0.3, -0.25) is 0 Å². The summed E-state index contributed by atoms with van der Waals surface area (Å²) in [5.41, 5.74) is 0.941. The Morgan fingerprint density at radius 2 is 2.12 bits per heavy atom. The van der Waals surface area contributed by atoms with Gasteiger partial charge in [-0.15, -0.1) is 0 Å². The van der Waals surface area contributed by atoms with E-state index >= 15 is 0 Å². The van der Waals surface area contributed by atoms with Crippen molar-refractivity contribution in [1.82, 2.24) is 10.1 Å². The molecule has 0 radical (unpaired) electrons. The first-order valence-corrected chi connectivity index (χ1v) is 9.15. The topological polar surface area (TPSA) is 69.4 Å². The fourth-order valence-corrected chi connectivity index (χ4v) is 4.03. The van der Waals surface area contributed by atoms with Gasteiger partial charge in [0.15, 0.2) is 0 Å². The highest BCUT2D eigenvalue weighted by Gasteiger charge is 2.38. The van der Waals surface area contributed by atoms with E-state index in [1.807, 2.05) is 24.3 Å². The number of hydrogen-bond acceptors (Lipinski definition) is 6. The second kappa shape index (κ2) is 7.04. The van der Waals surface area contributed by atoms with Crippen molar-refractivity contribution in [2.45, 2.75) is 56.6 Å². The van der Waals surface area contributed by atoms with Gasteiger partial charge < -0.3 is 19.3 Å². The van der Waals surface area contributed by atoms with E-state index in [4.69, 9.17) is 14.0 Å². The molecule has 6 heteroatoms. The Balaban J connectivity index is 1.44. The van der Waals surface area contributed by atoms with E-state index in [1.165, 1.54) is 32.1 Å². The van der Waals surface area contributed by atoms with E-state index in [0.29, 0.717) is 17.9 Å². The molecule has 1 aliphatic carbocycles. The second-order valence-corrected chi connectivity index (χ2v) is 7.08. The zero-order chi connectivity index (χ0) is 17.1. The molecule has 2 aromatic rings. The van der Waals surface area contributed by atoms with Crippen LogP contribution in [0.25, 0.3) is 11.4 Å². The predicted octanol–water partition coefficient (Wildman–Crippen LogP) is 4.04. The monoisotopic (exact) mass is 343 g/mol. The van der Waals surface area contributed by atoms with Crippen molar-refractivity contribution in [3.8, 4) is 17.1 Å². The standard InChI is InChI=1S/C19H25N3O3/c1-23-16-7-5-6-14(12-16)17-21-18(25-22-17)20-15-8-11-24-19(13-15)9-3-2-4-10-19/h5-7,12,15H,2-4,8-11,13H2,1H3,(H,20,21,22). The number of nitrogens with zero attached hydrogens (tertiary/aromatic N) is 2. The molecule has 1 aliphatic heterocycles. The minimum absolute atomic E-state index is 0.0593. The molecule has 2 fully saturated rings. The molecule has 1 aromatic carbocycles. The van der Waals surface area contributed by atoms with Gasteiger partial charge >= 0.3 is 6.01 Å². The lowest BCUT2D eigenvalue weighted by Gasteiger charge is -2.43. The van der Waals surface area contributed by atoms with E-state index in [0.717, 1.165) is 30.8 Å². The third kappa shape index (κ3) is 3.63. The Bertz CT molecular complexity index is 704. The van der Waals surface area contributed by atoms with Gasteiger partial charge in [0.2, 0.25) is 5.82 Å².